The van der Waals surface area contributed by atoms with Crippen molar-refractivity contribution in [3.8, 4) is 0 Å². The van der Waals surface area contributed by atoms with Crippen LogP contribution in [0.25, 0.3) is 0 Å². The van der Waals surface area contributed by atoms with Crippen molar-refractivity contribution >= 4 is 11.9 Å². The van der Waals surface area contributed by atoms with Crippen molar-refractivity contribution in [2.75, 3.05) is 0 Å². The van der Waals surface area contributed by atoms with Crippen LogP contribution in [-0.4, -0.2) is 32.7 Å². The maximum Gasteiger partial charge on any atom is 0.328 e. The van der Waals surface area contributed by atoms with E-state index in [1.54, 1.807) is 6.07 Å². The van der Waals surface area contributed by atoms with Crippen molar-refractivity contribution in [2.45, 2.75) is 38.1 Å². The molecule has 2 rings (SSSR count). The Morgan fingerprint density at radius 1 is 1.53 bits per heavy atom. The van der Waals surface area contributed by atoms with E-state index in [0.717, 1.165) is 18.5 Å². The lowest BCUT2D eigenvalue weighted by Gasteiger charge is -2.19. The summed E-state index contributed by atoms with van der Waals surface area (Å²) < 4.78 is 0. The van der Waals surface area contributed by atoms with E-state index in [0.29, 0.717) is 5.92 Å². The Hall–Kier alpha value is -1.85. The van der Waals surface area contributed by atoms with Gasteiger partial charge in [0, 0.05) is 11.6 Å². The minimum Gasteiger partial charge on any atom is -0.480 e. The summed E-state index contributed by atoms with van der Waals surface area (Å²) in [5, 5.41) is 18.0. The molecule has 1 aliphatic carbocycles. The SMILES string of the molecule is CC(C)(NC(=O)c1cc(C2CC2)[nH]n1)C(=O)O. The Morgan fingerprint density at radius 2 is 2.18 bits per heavy atom. The molecule has 3 N–H and O–H groups in total. The molecule has 17 heavy (non-hydrogen) atoms. The fraction of sp³-hybridized carbons (Fsp3) is 0.545. The molecule has 1 aromatic rings. The van der Waals surface area contributed by atoms with Crippen molar-refractivity contribution in [1.29, 1.82) is 0 Å². The first-order chi connectivity index (χ1) is 7.90. The lowest BCUT2D eigenvalue weighted by molar-refractivity contribution is -0.143. The van der Waals surface area contributed by atoms with E-state index < -0.39 is 17.4 Å². The first kappa shape index (κ1) is 11.6. The summed E-state index contributed by atoms with van der Waals surface area (Å²) >= 11 is 0. The van der Waals surface area contributed by atoms with Gasteiger partial charge in [-0.2, -0.15) is 5.10 Å². The van der Waals surface area contributed by atoms with Crippen LogP contribution in [0.15, 0.2) is 6.07 Å². The quantitative estimate of drug-likeness (QED) is 0.724. The molecule has 1 amide bonds. The van der Waals surface area contributed by atoms with Crippen molar-refractivity contribution in [2.24, 2.45) is 0 Å². The Morgan fingerprint density at radius 3 is 2.71 bits per heavy atom. The largest absolute Gasteiger partial charge is 0.480 e. The third kappa shape index (κ3) is 2.46. The minimum atomic E-state index is -1.30. The average Bonchev–Trinajstić information content (AvgIpc) is 2.95. The summed E-state index contributed by atoms with van der Waals surface area (Å²) in [5.41, 5.74) is -0.111. The molecule has 1 aliphatic rings. The topological polar surface area (TPSA) is 95.1 Å². The maximum absolute atomic E-state index is 11.8. The van der Waals surface area contributed by atoms with Crippen molar-refractivity contribution in [1.82, 2.24) is 15.5 Å². The molecule has 0 bridgehead atoms. The fourth-order valence-electron chi connectivity index (χ4n) is 1.46. The molecule has 0 spiro atoms. The van der Waals surface area contributed by atoms with Crippen LogP contribution in [0.5, 0.6) is 0 Å². The smallest absolute Gasteiger partial charge is 0.328 e. The number of amides is 1. The predicted octanol–water partition coefficient (Wildman–Crippen LogP) is 0.880. The van der Waals surface area contributed by atoms with Crippen LogP contribution in [-0.2, 0) is 4.79 Å². The van der Waals surface area contributed by atoms with Gasteiger partial charge in [0.05, 0.1) is 0 Å². The molecule has 6 nitrogen and oxygen atoms in total. The minimum absolute atomic E-state index is 0.237. The predicted molar refractivity (Wildman–Crippen MR) is 59.7 cm³/mol. The number of hydrogen-bond donors (Lipinski definition) is 3. The van der Waals surface area contributed by atoms with E-state index in [-0.39, 0.29) is 5.69 Å². The number of aliphatic carboxylic acids is 1. The number of nitrogens with zero attached hydrogens (tertiary/aromatic N) is 1. The number of nitrogens with one attached hydrogen (secondary N) is 2. The van der Waals surface area contributed by atoms with E-state index in [1.165, 1.54) is 13.8 Å². The zero-order valence-corrected chi connectivity index (χ0v) is 9.78. The lowest BCUT2D eigenvalue weighted by atomic mass is 10.1. The third-order valence-electron chi connectivity index (χ3n) is 2.81. The third-order valence-corrected chi connectivity index (χ3v) is 2.81. The molecule has 1 heterocycles. The van der Waals surface area contributed by atoms with E-state index in [2.05, 4.69) is 15.5 Å². The average molecular weight is 237 g/mol. The standard InChI is InChI=1S/C11H15N3O3/c1-11(2,10(16)17)12-9(15)8-5-7(13-14-8)6-3-4-6/h5-6H,3-4H2,1-2H3,(H,12,15)(H,13,14)(H,16,17). The van der Waals surface area contributed by atoms with Gasteiger partial charge in [0.15, 0.2) is 0 Å². The second-order valence-corrected chi connectivity index (χ2v) is 4.87. The van der Waals surface area contributed by atoms with Gasteiger partial charge < -0.3 is 10.4 Å². The van der Waals surface area contributed by atoms with Crippen LogP contribution in [0.1, 0.15) is 48.8 Å². The van der Waals surface area contributed by atoms with Gasteiger partial charge in [0.2, 0.25) is 0 Å². The molecular weight excluding hydrogens is 222 g/mol. The van der Waals surface area contributed by atoms with Gasteiger partial charge >= 0.3 is 5.97 Å². The molecule has 1 aromatic heterocycles. The van der Waals surface area contributed by atoms with Crippen LogP contribution in [0.3, 0.4) is 0 Å². The summed E-state index contributed by atoms with van der Waals surface area (Å²) in [6.07, 6.45) is 2.23. The number of H-pyrrole nitrogens is 1. The van der Waals surface area contributed by atoms with Gasteiger partial charge in [-0.25, -0.2) is 4.79 Å². The number of carboxylic acids is 1. The van der Waals surface area contributed by atoms with E-state index in [4.69, 9.17) is 5.11 Å². The molecule has 0 aliphatic heterocycles. The van der Waals surface area contributed by atoms with Gasteiger partial charge in [-0.3, -0.25) is 9.89 Å². The summed E-state index contributed by atoms with van der Waals surface area (Å²) in [4.78, 5) is 22.6. The molecule has 0 saturated heterocycles. The number of aromatic amines is 1. The molecule has 92 valence electrons. The van der Waals surface area contributed by atoms with Crippen LogP contribution in [0.2, 0.25) is 0 Å². The first-order valence-electron chi connectivity index (χ1n) is 5.51. The van der Waals surface area contributed by atoms with Gasteiger partial charge in [-0.1, -0.05) is 0 Å². The molecular formula is C11H15N3O3. The molecule has 0 radical (unpaired) electrons. The number of carboxylic acid groups (broad SMARTS) is 1. The fourth-order valence-corrected chi connectivity index (χ4v) is 1.46. The van der Waals surface area contributed by atoms with Gasteiger partial charge in [0.25, 0.3) is 5.91 Å². The first-order valence-corrected chi connectivity index (χ1v) is 5.51. The van der Waals surface area contributed by atoms with Gasteiger partial charge in [-0.05, 0) is 32.8 Å². The summed E-state index contributed by atoms with van der Waals surface area (Å²) in [6.45, 7) is 2.86. The van der Waals surface area contributed by atoms with Gasteiger partial charge in [0.1, 0.15) is 11.2 Å². The molecule has 1 saturated carbocycles. The Bertz CT molecular complexity index is 460. The monoisotopic (exact) mass is 237 g/mol. The lowest BCUT2D eigenvalue weighted by Crippen LogP contribution is -2.49. The summed E-state index contributed by atoms with van der Waals surface area (Å²) in [5.74, 6) is -1.07. The van der Waals surface area contributed by atoms with Crippen LogP contribution in [0.4, 0.5) is 0 Å². The van der Waals surface area contributed by atoms with E-state index in [9.17, 15) is 9.59 Å². The number of rotatable bonds is 4. The summed E-state index contributed by atoms with van der Waals surface area (Å²) in [6, 6.07) is 1.69. The second kappa shape index (κ2) is 3.87. The Balaban J connectivity index is 2.06. The molecule has 0 unspecified atom stereocenters. The highest BCUT2D eigenvalue weighted by atomic mass is 16.4. The summed E-state index contributed by atoms with van der Waals surface area (Å²) in [7, 11) is 0. The van der Waals surface area contributed by atoms with Gasteiger partial charge in [-0.15, -0.1) is 0 Å². The van der Waals surface area contributed by atoms with Crippen LogP contribution in [0, 0.1) is 0 Å². The number of carbonyl (C=O) groups excluding carboxylic acids is 1. The molecule has 0 atom stereocenters. The highest BCUT2D eigenvalue weighted by Crippen LogP contribution is 2.38. The zero-order chi connectivity index (χ0) is 12.6. The molecule has 1 fully saturated rings. The number of hydrogen-bond acceptors (Lipinski definition) is 3. The van der Waals surface area contributed by atoms with Crippen LogP contribution >= 0.6 is 0 Å². The molecule has 0 aromatic carbocycles. The van der Waals surface area contributed by atoms with Crippen molar-refractivity contribution < 1.29 is 14.7 Å². The number of aromatic nitrogens is 2. The van der Waals surface area contributed by atoms with Crippen molar-refractivity contribution in [3.05, 3.63) is 17.5 Å². The Labute approximate surface area is 98.4 Å². The molecule has 6 heteroatoms. The Kier molecular flexibility index (Phi) is 2.65. The van der Waals surface area contributed by atoms with Crippen molar-refractivity contribution in [3.63, 3.8) is 0 Å². The van der Waals surface area contributed by atoms with E-state index >= 15 is 0 Å². The highest BCUT2D eigenvalue weighted by molar-refractivity contribution is 5.96. The second-order valence-electron chi connectivity index (χ2n) is 4.87. The van der Waals surface area contributed by atoms with Crippen LogP contribution < -0.4 is 5.32 Å². The normalized spacial score (nSPS) is 15.6. The van der Waals surface area contributed by atoms with E-state index in [1.807, 2.05) is 0 Å². The maximum atomic E-state index is 11.8. The zero-order valence-electron chi connectivity index (χ0n) is 9.78. The highest BCUT2D eigenvalue weighted by Gasteiger charge is 2.31. The number of carbonyl (C=O) groups is 2.